The van der Waals surface area contributed by atoms with Crippen LogP contribution in [0.15, 0.2) is 54.6 Å². The second-order valence-corrected chi connectivity index (χ2v) is 6.44. The fourth-order valence-corrected chi connectivity index (χ4v) is 2.90. The molecule has 0 aliphatic carbocycles. The predicted octanol–water partition coefficient (Wildman–Crippen LogP) is 1.42. The van der Waals surface area contributed by atoms with Crippen molar-refractivity contribution in [1.82, 2.24) is 5.32 Å². The summed E-state index contributed by atoms with van der Waals surface area (Å²) in [6.07, 6.45) is 0.878. The lowest BCUT2D eigenvalue weighted by molar-refractivity contribution is -0.894. The quantitative estimate of drug-likeness (QED) is 0.625. The van der Waals surface area contributed by atoms with E-state index in [0.717, 1.165) is 16.9 Å². The highest BCUT2D eigenvalue weighted by molar-refractivity contribution is 5.94. The number of rotatable bonds is 9. The monoisotopic (exact) mass is 370 g/mol. The van der Waals surface area contributed by atoms with Crippen LogP contribution in [0.25, 0.3) is 0 Å². The number of amides is 2. The number of likely N-dealkylation sites (N-methyl/N-ethyl adjacent to an activating group) is 1. The van der Waals surface area contributed by atoms with Crippen molar-refractivity contribution >= 4 is 17.5 Å². The Morgan fingerprint density at radius 3 is 2.52 bits per heavy atom. The van der Waals surface area contributed by atoms with Gasteiger partial charge in [0.1, 0.15) is 5.75 Å². The minimum atomic E-state index is -0.509. The molecular weight excluding hydrogens is 342 g/mol. The van der Waals surface area contributed by atoms with Gasteiger partial charge in [0.2, 0.25) is 0 Å². The summed E-state index contributed by atoms with van der Waals surface area (Å²) in [5.41, 5.74) is 1.52. The third kappa shape index (κ3) is 6.11. The van der Waals surface area contributed by atoms with E-state index in [2.05, 4.69) is 10.6 Å². The van der Waals surface area contributed by atoms with E-state index in [1.54, 1.807) is 13.2 Å². The normalized spacial score (nSPS) is 12.7. The molecule has 6 nitrogen and oxygen atoms in total. The Bertz CT molecular complexity index is 749. The van der Waals surface area contributed by atoms with E-state index < -0.39 is 6.04 Å². The molecule has 2 aromatic carbocycles. The summed E-state index contributed by atoms with van der Waals surface area (Å²) in [4.78, 5) is 26.0. The maximum atomic E-state index is 13.0. The van der Waals surface area contributed by atoms with Gasteiger partial charge in [-0.2, -0.15) is 0 Å². The van der Waals surface area contributed by atoms with Crippen LogP contribution in [0.5, 0.6) is 5.75 Å². The van der Waals surface area contributed by atoms with E-state index in [-0.39, 0.29) is 18.4 Å². The molecule has 0 spiro atoms. The number of benzene rings is 2. The van der Waals surface area contributed by atoms with Crippen molar-refractivity contribution in [3.05, 3.63) is 60.2 Å². The average molecular weight is 370 g/mol. The van der Waals surface area contributed by atoms with Crippen molar-refractivity contribution < 1.29 is 19.2 Å². The molecule has 2 atom stereocenters. The molecule has 6 heteroatoms. The average Bonchev–Trinajstić information content (AvgIpc) is 2.67. The van der Waals surface area contributed by atoms with E-state index in [9.17, 15) is 9.59 Å². The van der Waals surface area contributed by atoms with Crippen LogP contribution < -0.4 is 20.3 Å². The van der Waals surface area contributed by atoms with Crippen LogP contribution in [0.1, 0.15) is 24.9 Å². The molecule has 0 saturated carbocycles. The van der Waals surface area contributed by atoms with Gasteiger partial charge in [0.15, 0.2) is 12.6 Å². The zero-order valence-electron chi connectivity index (χ0n) is 16.1. The molecule has 2 aromatic rings. The van der Waals surface area contributed by atoms with Gasteiger partial charge >= 0.3 is 0 Å². The summed E-state index contributed by atoms with van der Waals surface area (Å²) in [5.74, 6) is 0.434. The molecule has 3 N–H and O–H groups in total. The molecule has 0 aliphatic rings. The summed E-state index contributed by atoms with van der Waals surface area (Å²) < 4.78 is 5.21. The maximum absolute atomic E-state index is 13.0. The predicted molar refractivity (Wildman–Crippen MR) is 106 cm³/mol. The molecule has 0 bridgehead atoms. The van der Waals surface area contributed by atoms with Gasteiger partial charge in [-0.1, -0.05) is 43.3 Å². The summed E-state index contributed by atoms with van der Waals surface area (Å²) >= 11 is 0. The van der Waals surface area contributed by atoms with E-state index in [1.165, 1.54) is 0 Å². The Labute approximate surface area is 160 Å². The first-order chi connectivity index (χ1) is 13.0. The van der Waals surface area contributed by atoms with Crippen LogP contribution in [0, 0.1) is 0 Å². The number of carbonyl (C=O) groups is 2. The summed E-state index contributed by atoms with van der Waals surface area (Å²) in [6, 6.07) is 16.2. The Kier molecular flexibility index (Phi) is 7.82. The SMILES string of the molecule is CCCNC(=O)C[NH+](C)[C@@H](C(=O)Nc1cccc(OC)c1)c1ccccc1. The molecule has 0 radical (unpaired) electrons. The molecule has 144 valence electrons. The van der Waals surface area contributed by atoms with Gasteiger partial charge in [0.25, 0.3) is 11.8 Å². The molecule has 1 unspecified atom stereocenters. The largest absolute Gasteiger partial charge is 0.497 e. The van der Waals surface area contributed by atoms with Gasteiger partial charge in [-0.3, -0.25) is 9.59 Å². The zero-order chi connectivity index (χ0) is 19.6. The second kappa shape index (κ2) is 10.3. The van der Waals surface area contributed by atoms with Gasteiger partial charge in [-0.05, 0) is 18.6 Å². The van der Waals surface area contributed by atoms with E-state index in [4.69, 9.17) is 4.74 Å². The highest BCUT2D eigenvalue weighted by atomic mass is 16.5. The highest BCUT2D eigenvalue weighted by Crippen LogP contribution is 2.18. The van der Waals surface area contributed by atoms with Crippen molar-refractivity contribution in [2.75, 3.05) is 32.6 Å². The number of hydrogen-bond acceptors (Lipinski definition) is 3. The lowest BCUT2D eigenvalue weighted by Crippen LogP contribution is -3.11. The number of quaternary nitrogens is 1. The molecule has 2 amide bonds. The van der Waals surface area contributed by atoms with Gasteiger partial charge in [-0.25, -0.2) is 0 Å². The van der Waals surface area contributed by atoms with Gasteiger partial charge in [0.05, 0.1) is 14.2 Å². The van der Waals surface area contributed by atoms with Crippen molar-refractivity contribution in [2.45, 2.75) is 19.4 Å². The molecule has 0 aromatic heterocycles. The standard InChI is InChI=1S/C21H27N3O3/c1-4-13-22-19(25)15-24(2)20(16-9-6-5-7-10-16)21(26)23-17-11-8-12-18(14-17)27-3/h5-12,14,20H,4,13,15H2,1-3H3,(H,22,25)(H,23,26)/p+1/t20-/m1/s1. The molecule has 0 aliphatic heterocycles. The number of anilines is 1. The molecule has 0 fully saturated rings. The number of ether oxygens (including phenoxy) is 1. The maximum Gasteiger partial charge on any atom is 0.287 e. The Morgan fingerprint density at radius 1 is 1.11 bits per heavy atom. The van der Waals surface area contributed by atoms with E-state index in [0.29, 0.717) is 18.0 Å². The van der Waals surface area contributed by atoms with Crippen molar-refractivity contribution in [3.8, 4) is 5.75 Å². The van der Waals surface area contributed by atoms with Crippen LogP contribution in [0.2, 0.25) is 0 Å². The summed E-state index contributed by atoms with van der Waals surface area (Å²) in [5, 5.41) is 5.81. The van der Waals surface area contributed by atoms with Crippen LogP contribution >= 0.6 is 0 Å². The summed E-state index contributed by atoms with van der Waals surface area (Å²) in [6.45, 7) is 2.86. The Balaban J connectivity index is 2.18. The molecular formula is C21H28N3O3+. The van der Waals surface area contributed by atoms with E-state index in [1.807, 2.05) is 62.5 Å². The second-order valence-electron chi connectivity index (χ2n) is 6.44. The van der Waals surface area contributed by atoms with Crippen LogP contribution in [0.3, 0.4) is 0 Å². The minimum absolute atomic E-state index is 0.0653. The van der Waals surface area contributed by atoms with Crippen LogP contribution in [-0.4, -0.2) is 39.1 Å². The van der Waals surface area contributed by atoms with Gasteiger partial charge in [-0.15, -0.1) is 0 Å². The first-order valence-electron chi connectivity index (χ1n) is 9.14. The topological polar surface area (TPSA) is 71.9 Å². The van der Waals surface area contributed by atoms with E-state index >= 15 is 0 Å². The van der Waals surface area contributed by atoms with Crippen molar-refractivity contribution in [1.29, 1.82) is 0 Å². The zero-order valence-corrected chi connectivity index (χ0v) is 16.1. The summed E-state index contributed by atoms with van der Waals surface area (Å²) in [7, 11) is 3.44. The first kappa shape index (κ1) is 20.5. The van der Waals surface area contributed by atoms with Crippen molar-refractivity contribution in [3.63, 3.8) is 0 Å². The van der Waals surface area contributed by atoms with Crippen LogP contribution in [-0.2, 0) is 9.59 Å². The third-order valence-corrected chi connectivity index (χ3v) is 4.24. The lowest BCUT2D eigenvalue weighted by atomic mass is 10.0. The molecule has 0 heterocycles. The molecule has 0 saturated heterocycles. The Hall–Kier alpha value is -2.86. The van der Waals surface area contributed by atoms with Crippen LogP contribution in [0.4, 0.5) is 5.69 Å². The number of nitrogens with one attached hydrogen (secondary N) is 3. The molecule has 27 heavy (non-hydrogen) atoms. The number of hydrogen-bond donors (Lipinski definition) is 3. The fourth-order valence-electron chi connectivity index (χ4n) is 2.90. The third-order valence-electron chi connectivity index (χ3n) is 4.24. The Morgan fingerprint density at radius 2 is 1.85 bits per heavy atom. The minimum Gasteiger partial charge on any atom is -0.497 e. The van der Waals surface area contributed by atoms with Gasteiger partial charge < -0.3 is 20.3 Å². The van der Waals surface area contributed by atoms with Gasteiger partial charge in [0, 0.05) is 23.9 Å². The lowest BCUT2D eigenvalue weighted by Gasteiger charge is -2.24. The smallest absolute Gasteiger partial charge is 0.287 e. The number of carbonyl (C=O) groups excluding carboxylic acids is 2. The first-order valence-corrected chi connectivity index (χ1v) is 9.14. The van der Waals surface area contributed by atoms with Crippen molar-refractivity contribution in [2.24, 2.45) is 0 Å². The number of methoxy groups -OCH3 is 1. The fraction of sp³-hybridized carbons (Fsp3) is 0.333. The molecule has 2 rings (SSSR count). The highest BCUT2D eigenvalue weighted by Gasteiger charge is 2.30.